The molecule has 0 radical (unpaired) electrons. The molecule has 170 valence electrons. The van der Waals surface area contributed by atoms with Crippen molar-refractivity contribution < 1.29 is 12.8 Å². The molecule has 1 aliphatic rings. The van der Waals surface area contributed by atoms with E-state index in [1.54, 1.807) is 39.9 Å². The summed E-state index contributed by atoms with van der Waals surface area (Å²) in [5.74, 6) is -0.262. The normalized spacial score (nSPS) is 16.4. The molecule has 4 rings (SSSR count). The van der Waals surface area contributed by atoms with Crippen LogP contribution in [0.15, 0.2) is 58.8 Å². The van der Waals surface area contributed by atoms with E-state index in [9.17, 15) is 12.8 Å². The van der Waals surface area contributed by atoms with Gasteiger partial charge in [-0.3, -0.25) is 4.90 Å². The van der Waals surface area contributed by atoms with Crippen molar-refractivity contribution >= 4 is 21.4 Å². The van der Waals surface area contributed by atoms with Crippen LogP contribution in [0.5, 0.6) is 0 Å². The Labute approximate surface area is 193 Å². The predicted octanol–water partition coefficient (Wildman–Crippen LogP) is 4.75. The number of nitrogens with zero attached hydrogens (tertiary/aromatic N) is 3. The Morgan fingerprint density at radius 1 is 0.969 bits per heavy atom. The molecule has 1 saturated heterocycles. The van der Waals surface area contributed by atoms with E-state index in [0.29, 0.717) is 37.6 Å². The SMILES string of the molecule is CC(C)(C)c1ccc(S(=O)(=O)N2CCN(Cc3nc(-c4ccc(F)cc4)cs3)CC2)cc1. The molecule has 2 aromatic carbocycles. The summed E-state index contributed by atoms with van der Waals surface area (Å²) in [4.78, 5) is 7.24. The Morgan fingerprint density at radius 3 is 2.19 bits per heavy atom. The molecular formula is C24H28FN3O2S2. The summed E-state index contributed by atoms with van der Waals surface area (Å²) in [7, 11) is -3.49. The lowest BCUT2D eigenvalue weighted by atomic mass is 9.87. The highest BCUT2D eigenvalue weighted by molar-refractivity contribution is 7.89. The number of halogens is 1. The van der Waals surface area contributed by atoms with Gasteiger partial charge >= 0.3 is 0 Å². The minimum absolute atomic E-state index is 0.0136. The van der Waals surface area contributed by atoms with Crippen LogP contribution in [-0.4, -0.2) is 48.8 Å². The predicted molar refractivity (Wildman–Crippen MR) is 127 cm³/mol. The third-order valence-electron chi connectivity index (χ3n) is 5.74. The van der Waals surface area contributed by atoms with E-state index in [-0.39, 0.29) is 11.2 Å². The minimum atomic E-state index is -3.49. The number of thiazole rings is 1. The maximum absolute atomic E-state index is 13.1. The van der Waals surface area contributed by atoms with Crippen LogP contribution in [0.2, 0.25) is 0 Å². The number of rotatable bonds is 5. The Morgan fingerprint density at radius 2 is 1.59 bits per heavy atom. The van der Waals surface area contributed by atoms with Crippen LogP contribution in [-0.2, 0) is 22.0 Å². The zero-order chi connectivity index (χ0) is 22.9. The van der Waals surface area contributed by atoms with Crippen LogP contribution in [0.1, 0.15) is 31.3 Å². The van der Waals surface area contributed by atoms with Crippen LogP contribution >= 0.6 is 11.3 Å². The smallest absolute Gasteiger partial charge is 0.243 e. The molecule has 1 aromatic heterocycles. The first-order valence-corrected chi connectivity index (χ1v) is 13.0. The Balaban J connectivity index is 1.36. The fourth-order valence-electron chi connectivity index (χ4n) is 3.73. The average Bonchev–Trinajstić information content (AvgIpc) is 3.22. The number of hydrogen-bond donors (Lipinski definition) is 0. The molecule has 0 unspecified atom stereocenters. The second-order valence-electron chi connectivity index (χ2n) is 9.09. The van der Waals surface area contributed by atoms with E-state index in [4.69, 9.17) is 0 Å². The first-order chi connectivity index (χ1) is 15.1. The van der Waals surface area contributed by atoms with Gasteiger partial charge in [-0.1, -0.05) is 32.9 Å². The van der Waals surface area contributed by atoms with E-state index in [0.717, 1.165) is 21.8 Å². The average molecular weight is 474 g/mol. The highest BCUT2D eigenvalue weighted by Crippen LogP contribution is 2.26. The summed E-state index contributed by atoms with van der Waals surface area (Å²) >= 11 is 1.57. The molecule has 0 N–H and O–H groups in total. The van der Waals surface area contributed by atoms with Gasteiger partial charge in [0.15, 0.2) is 0 Å². The summed E-state index contributed by atoms with van der Waals surface area (Å²) in [5.41, 5.74) is 2.83. The fourth-order valence-corrected chi connectivity index (χ4v) is 6.00. The lowest BCUT2D eigenvalue weighted by Gasteiger charge is -2.33. The molecule has 1 fully saturated rings. The monoisotopic (exact) mass is 473 g/mol. The number of piperazine rings is 1. The van der Waals surface area contributed by atoms with Crippen LogP contribution in [0.25, 0.3) is 11.3 Å². The molecule has 1 aliphatic heterocycles. The van der Waals surface area contributed by atoms with Crippen molar-refractivity contribution in [3.8, 4) is 11.3 Å². The number of hydrogen-bond acceptors (Lipinski definition) is 5. The Hall–Kier alpha value is -2.13. The van der Waals surface area contributed by atoms with Gasteiger partial charge in [-0.15, -0.1) is 11.3 Å². The summed E-state index contributed by atoms with van der Waals surface area (Å²) in [6, 6.07) is 13.6. The van der Waals surface area contributed by atoms with E-state index in [1.807, 2.05) is 17.5 Å². The van der Waals surface area contributed by atoms with Gasteiger partial charge in [-0.05, 0) is 47.4 Å². The van der Waals surface area contributed by atoms with Gasteiger partial charge < -0.3 is 0 Å². The zero-order valence-electron chi connectivity index (χ0n) is 18.6. The van der Waals surface area contributed by atoms with Gasteiger partial charge in [-0.2, -0.15) is 4.31 Å². The van der Waals surface area contributed by atoms with Gasteiger partial charge in [-0.25, -0.2) is 17.8 Å². The van der Waals surface area contributed by atoms with Crippen LogP contribution < -0.4 is 0 Å². The van der Waals surface area contributed by atoms with Crippen LogP contribution in [0, 0.1) is 5.82 Å². The molecule has 0 bridgehead atoms. The summed E-state index contributed by atoms with van der Waals surface area (Å²) in [6.07, 6.45) is 0. The number of benzene rings is 2. The van der Waals surface area contributed by atoms with E-state index in [1.165, 1.54) is 12.1 Å². The molecular weight excluding hydrogens is 445 g/mol. The van der Waals surface area contributed by atoms with Gasteiger partial charge in [0.1, 0.15) is 10.8 Å². The Bertz CT molecular complexity index is 1160. The molecule has 0 saturated carbocycles. The van der Waals surface area contributed by atoms with Crippen molar-refractivity contribution in [1.82, 2.24) is 14.2 Å². The molecule has 8 heteroatoms. The maximum atomic E-state index is 13.1. The van der Waals surface area contributed by atoms with E-state index < -0.39 is 10.0 Å². The zero-order valence-corrected chi connectivity index (χ0v) is 20.2. The van der Waals surface area contributed by atoms with Gasteiger partial charge in [0, 0.05) is 37.1 Å². The minimum Gasteiger partial charge on any atom is -0.294 e. The van der Waals surface area contributed by atoms with Crippen molar-refractivity contribution in [2.75, 3.05) is 26.2 Å². The third-order valence-corrected chi connectivity index (χ3v) is 8.49. The topological polar surface area (TPSA) is 53.5 Å². The lowest BCUT2D eigenvalue weighted by Crippen LogP contribution is -2.48. The Kier molecular flexibility index (Phi) is 6.49. The molecule has 32 heavy (non-hydrogen) atoms. The first-order valence-electron chi connectivity index (χ1n) is 10.7. The number of aromatic nitrogens is 1. The molecule has 0 atom stereocenters. The van der Waals surface area contributed by atoms with Crippen molar-refractivity contribution in [2.45, 2.75) is 37.6 Å². The highest BCUT2D eigenvalue weighted by atomic mass is 32.2. The van der Waals surface area contributed by atoms with Crippen molar-refractivity contribution in [1.29, 1.82) is 0 Å². The molecule has 0 aliphatic carbocycles. The van der Waals surface area contributed by atoms with Crippen LogP contribution in [0.4, 0.5) is 4.39 Å². The van der Waals surface area contributed by atoms with Gasteiger partial charge in [0.2, 0.25) is 10.0 Å². The van der Waals surface area contributed by atoms with Crippen molar-refractivity contribution in [3.63, 3.8) is 0 Å². The molecule has 0 spiro atoms. The second kappa shape index (κ2) is 9.02. The van der Waals surface area contributed by atoms with Crippen molar-refractivity contribution in [2.24, 2.45) is 0 Å². The molecule has 0 amide bonds. The van der Waals surface area contributed by atoms with Crippen LogP contribution in [0.3, 0.4) is 0 Å². The largest absolute Gasteiger partial charge is 0.294 e. The fraction of sp³-hybridized carbons (Fsp3) is 0.375. The lowest BCUT2D eigenvalue weighted by molar-refractivity contribution is 0.181. The number of sulfonamides is 1. The summed E-state index contributed by atoms with van der Waals surface area (Å²) < 4.78 is 40.8. The summed E-state index contributed by atoms with van der Waals surface area (Å²) in [6.45, 7) is 9.25. The quantitative estimate of drug-likeness (QED) is 0.537. The van der Waals surface area contributed by atoms with Gasteiger partial charge in [0.05, 0.1) is 17.1 Å². The van der Waals surface area contributed by atoms with E-state index >= 15 is 0 Å². The molecule has 2 heterocycles. The molecule has 5 nitrogen and oxygen atoms in total. The first kappa shape index (κ1) is 23.0. The van der Waals surface area contributed by atoms with E-state index in [2.05, 4.69) is 30.7 Å². The third kappa shape index (κ3) is 5.09. The second-order valence-corrected chi connectivity index (χ2v) is 12.0. The summed E-state index contributed by atoms with van der Waals surface area (Å²) in [5, 5.41) is 2.95. The standard InChI is InChI=1S/C24H28FN3O2S2/c1-24(2,3)19-6-10-21(11-7-19)32(29,30)28-14-12-27(13-15-28)16-23-26-22(17-31-23)18-4-8-20(25)9-5-18/h4-11,17H,12-16H2,1-3H3. The molecule has 3 aromatic rings. The highest BCUT2D eigenvalue weighted by Gasteiger charge is 2.29. The van der Waals surface area contributed by atoms with Crippen molar-refractivity contribution in [3.05, 3.63) is 70.3 Å². The van der Waals surface area contributed by atoms with Gasteiger partial charge in [0.25, 0.3) is 0 Å². The maximum Gasteiger partial charge on any atom is 0.243 e.